The molecule has 0 saturated carbocycles. The average Bonchev–Trinajstić information content (AvgIpc) is 3.25. The van der Waals surface area contributed by atoms with Crippen LogP contribution in [-0.2, 0) is 0 Å². The number of nitrogens with zero attached hydrogens (tertiary/aromatic N) is 8. The zero-order valence-electron chi connectivity index (χ0n) is 14.7. The van der Waals surface area contributed by atoms with Crippen LogP contribution in [-0.4, -0.2) is 0 Å². The van der Waals surface area contributed by atoms with Gasteiger partial charge in [-0.3, -0.25) is 4.85 Å². The fraction of sp³-hybridized carbons (Fsp3) is 0. The lowest BCUT2D eigenvalue weighted by Crippen LogP contribution is -1.94. The minimum atomic E-state index is -0.393. The Hall–Kier alpha value is -5.90. The first-order chi connectivity index (χ1) is 14.6. The Bertz CT molecular complexity index is 1400. The Balaban J connectivity index is 2.59. The van der Waals surface area contributed by atoms with Crippen LogP contribution in [0.5, 0.6) is 0 Å². The standard InChI is InChI=1S/C22H2N8/c1-27-17(9-25)19-12-6-13-14(5-11(12)15(7-23)16(19)8-24)21(29-3)22(30-4)20(13)18(10-26)28-2/h5-6H/b19-17+,20-18-. The number of benzene rings is 1. The molecule has 8 heteroatoms. The van der Waals surface area contributed by atoms with Gasteiger partial charge in [0.15, 0.2) is 5.70 Å². The summed E-state index contributed by atoms with van der Waals surface area (Å²) in [5.74, 6) is 0. The first-order valence-electron chi connectivity index (χ1n) is 7.84. The Morgan fingerprint density at radius 1 is 0.633 bits per heavy atom. The van der Waals surface area contributed by atoms with Crippen molar-refractivity contribution in [3.8, 4) is 24.3 Å². The number of nitriles is 4. The molecule has 0 N–H and O–H groups in total. The van der Waals surface area contributed by atoms with Crippen LogP contribution in [0, 0.1) is 71.6 Å². The van der Waals surface area contributed by atoms with Crippen LogP contribution in [0.3, 0.4) is 0 Å². The van der Waals surface area contributed by atoms with Gasteiger partial charge >= 0.3 is 0 Å². The van der Waals surface area contributed by atoms with Gasteiger partial charge in [-0.2, -0.15) is 10.5 Å². The summed E-state index contributed by atoms with van der Waals surface area (Å²) in [4.78, 5) is 13.0. The molecular formula is C22H2N8. The summed E-state index contributed by atoms with van der Waals surface area (Å²) in [7, 11) is 0. The van der Waals surface area contributed by atoms with E-state index in [9.17, 15) is 21.0 Å². The molecule has 0 radical (unpaired) electrons. The smallest absolute Gasteiger partial charge is 0.251 e. The van der Waals surface area contributed by atoms with Crippen molar-refractivity contribution in [2.24, 2.45) is 0 Å². The summed E-state index contributed by atoms with van der Waals surface area (Å²) >= 11 is 0. The highest BCUT2D eigenvalue weighted by Crippen LogP contribution is 2.50. The van der Waals surface area contributed by atoms with E-state index in [1.807, 2.05) is 12.1 Å². The van der Waals surface area contributed by atoms with Gasteiger partial charge in [0.1, 0.15) is 6.07 Å². The Morgan fingerprint density at radius 3 is 1.60 bits per heavy atom. The van der Waals surface area contributed by atoms with Crippen molar-refractivity contribution in [1.82, 2.24) is 0 Å². The normalized spacial score (nSPS) is 16.3. The maximum atomic E-state index is 9.59. The van der Waals surface area contributed by atoms with Crippen LogP contribution in [0.2, 0.25) is 0 Å². The molecule has 0 heterocycles. The van der Waals surface area contributed by atoms with Gasteiger partial charge in [-0.25, -0.2) is 25.1 Å². The van der Waals surface area contributed by atoms with Gasteiger partial charge in [0, 0.05) is 5.57 Å². The minimum Gasteiger partial charge on any atom is -0.251 e. The Labute approximate surface area is 170 Å². The lowest BCUT2D eigenvalue weighted by Gasteiger charge is -2.10. The quantitative estimate of drug-likeness (QED) is 0.494. The summed E-state index contributed by atoms with van der Waals surface area (Å²) in [6.45, 7) is 29.4. The highest BCUT2D eigenvalue weighted by molar-refractivity contribution is 6.12. The maximum Gasteiger partial charge on any atom is 0.270 e. The molecule has 0 amide bonds. The summed E-state index contributed by atoms with van der Waals surface area (Å²) in [6, 6.07) is 10.1. The van der Waals surface area contributed by atoms with E-state index >= 15 is 0 Å². The fourth-order valence-corrected chi connectivity index (χ4v) is 3.39. The van der Waals surface area contributed by atoms with E-state index in [1.165, 1.54) is 12.1 Å². The molecule has 0 fully saturated rings. The second-order valence-electron chi connectivity index (χ2n) is 5.73. The average molecular weight is 378 g/mol. The SMILES string of the molecule is [C-]#[N+]C1=C([N+]#[C-])c2cc3c(cc2/C1=C(\C#N)[N+]#[C-])/C(=C(/C#N)[N+]#[C-])C(C#N)=C3C#N. The first-order valence-corrected chi connectivity index (χ1v) is 7.84. The monoisotopic (exact) mass is 378 g/mol. The van der Waals surface area contributed by atoms with Gasteiger partial charge in [-0.05, 0) is 27.8 Å². The Morgan fingerprint density at radius 2 is 1.13 bits per heavy atom. The molecule has 0 aliphatic heterocycles. The van der Waals surface area contributed by atoms with Crippen LogP contribution < -0.4 is 0 Å². The summed E-state index contributed by atoms with van der Waals surface area (Å²) in [6.07, 6.45) is 0. The number of hydrogen-bond donors (Lipinski definition) is 0. The van der Waals surface area contributed by atoms with Gasteiger partial charge in [0.05, 0.1) is 55.6 Å². The predicted octanol–water partition coefficient (Wildman–Crippen LogP) is 4.33. The van der Waals surface area contributed by atoms with Crippen molar-refractivity contribution in [3.05, 3.63) is 103 Å². The van der Waals surface area contributed by atoms with Gasteiger partial charge in [0.2, 0.25) is 5.70 Å². The third-order valence-corrected chi connectivity index (χ3v) is 4.54. The van der Waals surface area contributed by atoms with E-state index < -0.39 is 5.70 Å². The highest BCUT2D eigenvalue weighted by Gasteiger charge is 2.36. The predicted molar refractivity (Wildman–Crippen MR) is 103 cm³/mol. The van der Waals surface area contributed by atoms with Crippen LogP contribution >= 0.6 is 0 Å². The molecule has 0 spiro atoms. The number of rotatable bonds is 0. The van der Waals surface area contributed by atoms with Crippen LogP contribution in [0.4, 0.5) is 0 Å². The van der Waals surface area contributed by atoms with Crippen molar-refractivity contribution in [1.29, 1.82) is 21.0 Å². The molecule has 0 saturated heterocycles. The molecule has 0 atom stereocenters. The summed E-state index contributed by atoms with van der Waals surface area (Å²) in [5, 5.41) is 37.8. The molecule has 30 heavy (non-hydrogen) atoms. The molecule has 130 valence electrons. The van der Waals surface area contributed by atoms with Crippen molar-refractivity contribution in [2.45, 2.75) is 0 Å². The van der Waals surface area contributed by atoms with Crippen molar-refractivity contribution in [3.63, 3.8) is 0 Å². The second kappa shape index (κ2) is 7.02. The van der Waals surface area contributed by atoms with E-state index in [0.29, 0.717) is 0 Å². The van der Waals surface area contributed by atoms with Gasteiger partial charge in [-0.15, -0.1) is 0 Å². The molecule has 1 aromatic carbocycles. The Kier molecular flexibility index (Phi) is 4.42. The summed E-state index contributed by atoms with van der Waals surface area (Å²) < 4.78 is 0. The summed E-state index contributed by atoms with van der Waals surface area (Å²) in [5.41, 5.74) is -0.303. The fourth-order valence-electron chi connectivity index (χ4n) is 3.39. The number of fused-ring (bicyclic) bond motifs is 2. The van der Waals surface area contributed by atoms with Gasteiger partial charge in [0.25, 0.3) is 11.4 Å². The second-order valence-corrected chi connectivity index (χ2v) is 5.73. The zero-order valence-corrected chi connectivity index (χ0v) is 14.7. The number of allylic oxidation sites excluding steroid dienone is 6. The molecule has 0 aromatic heterocycles. The van der Waals surface area contributed by atoms with Crippen LogP contribution in [0.1, 0.15) is 22.3 Å². The van der Waals surface area contributed by atoms with E-state index in [4.69, 9.17) is 26.3 Å². The first kappa shape index (κ1) is 18.9. The topological polar surface area (TPSA) is 113 Å². The lowest BCUT2D eigenvalue weighted by atomic mass is 9.94. The van der Waals surface area contributed by atoms with E-state index in [-0.39, 0.29) is 61.6 Å². The molecular weight excluding hydrogens is 376 g/mol. The van der Waals surface area contributed by atoms with E-state index in [0.717, 1.165) is 0 Å². The van der Waals surface area contributed by atoms with Gasteiger partial charge in [-0.1, -0.05) is 12.1 Å². The third kappa shape index (κ3) is 2.25. The molecule has 3 rings (SSSR count). The zero-order chi connectivity index (χ0) is 22.0. The molecule has 0 unspecified atom stereocenters. The van der Waals surface area contributed by atoms with E-state index in [2.05, 4.69) is 19.4 Å². The molecule has 1 aromatic rings. The van der Waals surface area contributed by atoms with Gasteiger partial charge < -0.3 is 0 Å². The van der Waals surface area contributed by atoms with Crippen LogP contribution in [0.15, 0.2) is 34.8 Å². The minimum absolute atomic E-state index is 0.0177. The molecule has 2 aliphatic rings. The van der Waals surface area contributed by atoms with Crippen molar-refractivity contribution < 1.29 is 0 Å². The maximum absolute atomic E-state index is 9.59. The largest absolute Gasteiger partial charge is 0.270 e. The highest BCUT2D eigenvalue weighted by atomic mass is 14.8. The molecule has 8 nitrogen and oxygen atoms in total. The number of hydrogen-bond acceptors (Lipinski definition) is 4. The molecule has 0 bridgehead atoms. The third-order valence-electron chi connectivity index (χ3n) is 4.54. The molecule has 2 aliphatic carbocycles. The lowest BCUT2D eigenvalue weighted by molar-refractivity contribution is 1.46. The van der Waals surface area contributed by atoms with E-state index in [1.54, 1.807) is 12.1 Å². The van der Waals surface area contributed by atoms with Crippen molar-refractivity contribution in [2.75, 3.05) is 0 Å². The van der Waals surface area contributed by atoms with Crippen LogP contribution in [0.25, 0.3) is 41.8 Å². The van der Waals surface area contributed by atoms with Crippen molar-refractivity contribution >= 4 is 22.4 Å².